The van der Waals surface area contributed by atoms with E-state index < -0.39 is 0 Å². The van der Waals surface area contributed by atoms with Gasteiger partial charge in [-0.3, -0.25) is 9.69 Å². The molecule has 2 aromatic rings. The van der Waals surface area contributed by atoms with Crippen LogP contribution in [0.4, 0.5) is 0 Å². The Labute approximate surface area is 173 Å². The summed E-state index contributed by atoms with van der Waals surface area (Å²) < 4.78 is 0.746. The first-order chi connectivity index (χ1) is 13.0. The van der Waals surface area contributed by atoms with E-state index in [1.54, 1.807) is 0 Å². The predicted octanol–water partition coefficient (Wildman–Crippen LogP) is 3.69. The normalized spacial score (nSPS) is 22.3. The first-order valence-corrected chi connectivity index (χ1v) is 11.5. The number of likely N-dealkylation sites (tertiary alicyclic amines) is 1. The third-order valence-electron chi connectivity index (χ3n) is 5.49. The van der Waals surface area contributed by atoms with Crippen LogP contribution in [0, 0.1) is 6.92 Å². The molecule has 0 bridgehead atoms. The third-order valence-corrected chi connectivity index (χ3v) is 8.04. The molecule has 1 atom stereocenters. The maximum Gasteiger partial charge on any atom is 0.265 e. The van der Waals surface area contributed by atoms with Gasteiger partial charge in [0, 0.05) is 38.8 Å². The van der Waals surface area contributed by atoms with E-state index in [1.807, 2.05) is 24.0 Å². The first-order valence-electron chi connectivity index (χ1n) is 9.46. The fourth-order valence-corrected chi connectivity index (χ4v) is 6.13. The topological polar surface area (TPSA) is 39.7 Å². The zero-order valence-corrected chi connectivity index (χ0v) is 18.2. The molecule has 0 radical (unpaired) electrons. The summed E-state index contributed by atoms with van der Waals surface area (Å²) in [6, 6.07) is 4.49. The highest BCUT2D eigenvalue weighted by atomic mass is 35.5. The van der Waals surface area contributed by atoms with E-state index >= 15 is 0 Å². The predicted molar refractivity (Wildman–Crippen MR) is 113 cm³/mol. The van der Waals surface area contributed by atoms with Crippen molar-refractivity contribution in [3.8, 4) is 9.88 Å². The summed E-state index contributed by atoms with van der Waals surface area (Å²) in [6.45, 7) is 7.82. The number of carbonyl (C=O) groups excluding carboxylic acids is 1. The van der Waals surface area contributed by atoms with Gasteiger partial charge < -0.3 is 9.80 Å². The smallest absolute Gasteiger partial charge is 0.265 e. The monoisotopic (exact) mass is 424 g/mol. The Kier molecular flexibility index (Phi) is 5.85. The zero-order chi connectivity index (χ0) is 19.0. The van der Waals surface area contributed by atoms with Gasteiger partial charge in [0.25, 0.3) is 5.91 Å². The fourth-order valence-electron chi connectivity index (χ4n) is 4.00. The number of amides is 1. The Hall–Kier alpha value is -0.990. The molecule has 27 heavy (non-hydrogen) atoms. The molecule has 2 aliphatic heterocycles. The molecule has 146 valence electrons. The number of aryl methyl sites for hydroxylation is 1. The highest BCUT2D eigenvalue weighted by Gasteiger charge is 2.30. The number of piperidine rings is 1. The summed E-state index contributed by atoms with van der Waals surface area (Å²) in [4.78, 5) is 26.4. The highest BCUT2D eigenvalue weighted by Crippen LogP contribution is 2.35. The Morgan fingerprint density at radius 3 is 2.63 bits per heavy atom. The molecule has 1 unspecified atom stereocenters. The summed E-state index contributed by atoms with van der Waals surface area (Å²) in [6.07, 6.45) is 2.55. The molecule has 1 amide bonds. The van der Waals surface area contributed by atoms with Crippen molar-refractivity contribution in [1.29, 1.82) is 0 Å². The molecule has 4 heterocycles. The lowest BCUT2D eigenvalue weighted by molar-refractivity contribution is 0.0455. The van der Waals surface area contributed by atoms with E-state index in [0.29, 0.717) is 6.04 Å². The minimum atomic E-state index is 0.124. The van der Waals surface area contributed by atoms with Gasteiger partial charge >= 0.3 is 0 Å². The maximum atomic E-state index is 13.1. The Bertz CT molecular complexity index is 812. The molecular formula is C19H25ClN4OS2. The van der Waals surface area contributed by atoms with E-state index in [4.69, 9.17) is 11.6 Å². The van der Waals surface area contributed by atoms with Gasteiger partial charge in [-0.05, 0) is 45.5 Å². The molecule has 0 spiro atoms. The number of nitrogens with zero attached hydrogens (tertiary/aromatic N) is 4. The second-order valence-corrected chi connectivity index (χ2v) is 10.1. The standard InChI is InChI=1S/C19H25ClN4OS2/c1-13-17(27-18(21-13)15-5-6-16(20)26-15)19(25)24-10-8-23(9-11-24)14-4-3-7-22(2)12-14/h5-6,14H,3-4,7-12H2,1-2H3. The van der Waals surface area contributed by atoms with Crippen molar-refractivity contribution in [2.45, 2.75) is 25.8 Å². The van der Waals surface area contributed by atoms with E-state index in [0.717, 1.165) is 57.5 Å². The first kappa shape index (κ1) is 19.3. The van der Waals surface area contributed by atoms with E-state index in [2.05, 4.69) is 21.8 Å². The van der Waals surface area contributed by atoms with Crippen LogP contribution in [0.5, 0.6) is 0 Å². The number of carbonyl (C=O) groups is 1. The second-order valence-electron chi connectivity index (χ2n) is 7.42. The van der Waals surface area contributed by atoms with Crippen LogP contribution in [0.15, 0.2) is 12.1 Å². The summed E-state index contributed by atoms with van der Waals surface area (Å²) in [7, 11) is 2.21. The summed E-state index contributed by atoms with van der Waals surface area (Å²) in [5.74, 6) is 0.124. The molecule has 5 nitrogen and oxygen atoms in total. The highest BCUT2D eigenvalue weighted by molar-refractivity contribution is 7.24. The number of hydrogen-bond donors (Lipinski definition) is 0. The Morgan fingerprint density at radius 2 is 1.96 bits per heavy atom. The number of rotatable bonds is 3. The molecule has 2 fully saturated rings. The number of thiazole rings is 1. The molecule has 4 rings (SSSR count). The second kappa shape index (κ2) is 8.17. The molecular weight excluding hydrogens is 400 g/mol. The van der Waals surface area contributed by atoms with Crippen LogP contribution >= 0.6 is 34.3 Å². The lowest BCUT2D eigenvalue weighted by Crippen LogP contribution is -2.55. The number of thiophene rings is 1. The van der Waals surface area contributed by atoms with Crippen molar-refractivity contribution in [3.05, 3.63) is 27.0 Å². The molecule has 2 aromatic heterocycles. The number of piperazine rings is 1. The van der Waals surface area contributed by atoms with Crippen LogP contribution in [0.3, 0.4) is 0 Å². The lowest BCUT2D eigenvalue weighted by Gasteiger charge is -2.42. The molecule has 0 aromatic carbocycles. The molecule has 2 aliphatic rings. The summed E-state index contributed by atoms with van der Waals surface area (Å²) >= 11 is 9.03. The fraction of sp³-hybridized carbons (Fsp3) is 0.579. The van der Waals surface area contributed by atoms with Gasteiger partial charge in [0.1, 0.15) is 9.88 Å². The van der Waals surface area contributed by atoms with Gasteiger partial charge in [-0.2, -0.15) is 0 Å². The van der Waals surface area contributed by atoms with E-state index in [9.17, 15) is 4.79 Å². The van der Waals surface area contributed by atoms with Crippen LogP contribution < -0.4 is 0 Å². The van der Waals surface area contributed by atoms with Gasteiger partial charge in [-0.25, -0.2) is 4.98 Å². The molecule has 2 saturated heterocycles. The van der Waals surface area contributed by atoms with Crippen molar-refractivity contribution < 1.29 is 4.79 Å². The molecule has 8 heteroatoms. The van der Waals surface area contributed by atoms with Gasteiger partial charge in [-0.1, -0.05) is 11.6 Å². The molecule has 0 aliphatic carbocycles. The quantitative estimate of drug-likeness (QED) is 0.753. The van der Waals surface area contributed by atoms with E-state index in [-0.39, 0.29) is 5.91 Å². The van der Waals surface area contributed by atoms with Gasteiger partial charge in [-0.15, -0.1) is 22.7 Å². The maximum absolute atomic E-state index is 13.1. The van der Waals surface area contributed by atoms with Crippen molar-refractivity contribution in [3.63, 3.8) is 0 Å². The van der Waals surface area contributed by atoms with Crippen LogP contribution in [0.25, 0.3) is 9.88 Å². The van der Waals surface area contributed by atoms with Crippen molar-refractivity contribution >= 4 is 40.2 Å². The largest absolute Gasteiger partial charge is 0.335 e. The zero-order valence-electron chi connectivity index (χ0n) is 15.8. The average Bonchev–Trinajstić information content (AvgIpc) is 3.27. The number of aromatic nitrogens is 1. The van der Waals surface area contributed by atoms with Crippen LogP contribution in [0.1, 0.15) is 28.2 Å². The minimum absolute atomic E-state index is 0.124. The van der Waals surface area contributed by atoms with Crippen molar-refractivity contribution in [1.82, 2.24) is 19.7 Å². The van der Waals surface area contributed by atoms with Crippen LogP contribution in [-0.2, 0) is 0 Å². The third kappa shape index (κ3) is 4.22. The van der Waals surface area contributed by atoms with E-state index in [1.165, 1.54) is 42.1 Å². The van der Waals surface area contributed by atoms with Crippen LogP contribution in [-0.4, -0.2) is 77.9 Å². The molecule has 0 saturated carbocycles. The SMILES string of the molecule is Cc1nc(-c2ccc(Cl)s2)sc1C(=O)N1CCN(C2CCCN(C)C2)CC1. The number of hydrogen-bond acceptors (Lipinski definition) is 6. The lowest BCUT2D eigenvalue weighted by atomic mass is 10.0. The molecule has 0 N–H and O–H groups in total. The number of likely N-dealkylation sites (N-methyl/N-ethyl adjacent to an activating group) is 1. The Balaban J connectivity index is 1.40. The van der Waals surface area contributed by atoms with Crippen molar-refractivity contribution in [2.24, 2.45) is 0 Å². The van der Waals surface area contributed by atoms with Crippen molar-refractivity contribution in [2.75, 3.05) is 46.3 Å². The van der Waals surface area contributed by atoms with Gasteiger partial charge in [0.05, 0.1) is 14.9 Å². The average molecular weight is 425 g/mol. The number of halogens is 1. The van der Waals surface area contributed by atoms with Gasteiger partial charge in [0.2, 0.25) is 0 Å². The van der Waals surface area contributed by atoms with Gasteiger partial charge in [0.15, 0.2) is 0 Å². The Morgan fingerprint density at radius 1 is 1.19 bits per heavy atom. The minimum Gasteiger partial charge on any atom is -0.335 e. The summed E-state index contributed by atoms with van der Waals surface area (Å²) in [5.41, 5.74) is 0.820. The summed E-state index contributed by atoms with van der Waals surface area (Å²) in [5, 5.41) is 0.886. The van der Waals surface area contributed by atoms with Crippen LogP contribution in [0.2, 0.25) is 4.34 Å².